The van der Waals surface area contributed by atoms with E-state index in [2.05, 4.69) is 6.07 Å². The second-order valence-electron chi connectivity index (χ2n) is 5.03. The van der Waals surface area contributed by atoms with Crippen molar-refractivity contribution < 1.29 is 0 Å². The number of benzene rings is 2. The second-order valence-corrected chi connectivity index (χ2v) is 5.47. The first-order valence-corrected chi connectivity index (χ1v) is 6.98. The molecule has 21 heavy (non-hydrogen) atoms. The summed E-state index contributed by atoms with van der Waals surface area (Å²) < 4.78 is 0. The van der Waals surface area contributed by atoms with Crippen molar-refractivity contribution in [1.82, 2.24) is 0 Å². The van der Waals surface area contributed by atoms with Gasteiger partial charge < -0.3 is 5.73 Å². The highest BCUT2D eigenvalue weighted by atomic mass is 35.5. The van der Waals surface area contributed by atoms with E-state index >= 15 is 0 Å². The summed E-state index contributed by atoms with van der Waals surface area (Å²) in [5.41, 5.74) is 9.10. The Bertz CT molecular complexity index is 615. The maximum Gasteiger partial charge on any atom is 0.0991 e. The Morgan fingerprint density at radius 1 is 1.19 bits per heavy atom. The first-order chi connectivity index (χ1) is 9.60. The quantitative estimate of drug-likeness (QED) is 0.912. The van der Waals surface area contributed by atoms with Gasteiger partial charge in [-0.05, 0) is 48.7 Å². The van der Waals surface area contributed by atoms with E-state index in [1.54, 1.807) is 0 Å². The Kier molecular flexibility index (Phi) is 6.71. The van der Waals surface area contributed by atoms with Gasteiger partial charge in [0.25, 0.3) is 0 Å². The van der Waals surface area contributed by atoms with Gasteiger partial charge in [-0.1, -0.05) is 35.9 Å². The van der Waals surface area contributed by atoms with Crippen LogP contribution in [0, 0.1) is 11.3 Å². The fraction of sp³-hybridized carbons (Fsp3) is 0.235. The van der Waals surface area contributed by atoms with Crippen molar-refractivity contribution in [3.8, 4) is 6.07 Å². The lowest BCUT2D eigenvalue weighted by atomic mass is 9.86. The van der Waals surface area contributed by atoms with E-state index < -0.39 is 0 Å². The first kappa shape index (κ1) is 17.5. The minimum Gasteiger partial charge on any atom is -0.327 e. The van der Waals surface area contributed by atoms with Crippen LogP contribution in [0.1, 0.15) is 29.5 Å². The highest BCUT2D eigenvalue weighted by Crippen LogP contribution is 2.25. The largest absolute Gasteiger partial charge is 0.327 e. The highest BCUT2D eigenvalue weighted by molar-refractivity contribution is 6.30. The topological polar surface area (TPSA) is 49.8 Å². The van der Waals surface area contributed by atoms with E-state index in [9.17, 15) is 0 Å². The van der Waals surface area contributed by atoms with Crippen LogP contribution in [-0.4, -0.2) is 6.04 Å². The molecule has 0 aliphatic carbocycles. The summed E-state index contributed by atoms with van der Waals surface area (Å²) in [6.45, 7) is 2.00. The molecule has 2 aromatic carbocycles. The summed E-state index contributed by atoms with van der Waals surface area (Å²) >= 11 is 5.91. The Balaban J connectivity index is 0.00000220. The highest BCUT2D eigenvalue weighted by Gasteiger charge is 2.17. The van der Waals surface area contributed by atoms with Crippen molar-refractivity contribution in [2.75, 3.05) is 0 Å². The lowest BCUT2D eigenvalue weighted by Gasteiger charge is -2.21. The normalized spacial score (nSPS) is 12.9. The fourth-order valence-corrected chi connectivity index (χ4v) is 2.45. The third-order valence-corrected chi connectivity index (χ3v) is 3.70. The zero-order valence-corrected chi connectivity index (χ0v) is 13.4. The minimum atomic E-state index is 0. The molecule has 0 saturated carbocycles. The average Bonchev–Trinajstić information content (AvgIpc) is 2.46. The Morgan fingerprint density at radius 2 is 1.86 bits per heavy atom. The molecule has 0 bridgehead atoms. The van der Waals surface area contributed by atoms with Gasteiger partial charge in [-0.3, -0.25) is 0 Å². The third kappa shape index (κ3) is 4.75. The van der Waals surface area contributed by atoms with Crippen molar-refractivity contribution in [1.29, 1.82) is 5.26 Å². The van der Waals surface area contributed by atoms with E-state index in [1.807, 2.05) is 55.5 Å². The lowest BCUT2D eigenvalue weighted by Crippen LogP contribution is -2.26. The van der Waals surface area contributed by atoms with Gasteiger partial charge in [-0.15, -0.1) is 12.4 Å². The molecule has 0 amide bonds. The molecule has 0 aliphatic rings. The summed E-state index contributed by atoms with van der Waals surface area (Å²) in [5, 5.41) is 9.74. The molecule has 0 spiro atoms. The number of nitrogens with zero attached hydrogens (tertiary/aromatic N) is 1. The van der Waals surface area contributed by atoms with Gasteiger partial charge in [-0.25, -0.2) is 0 Å². The zero-order valence-electron chi connectivity index (χ0n) is 11.8. The van der Waals surface area contributed by atoms with Crippen molar-refractivity contribution in [2.45, 2.75) is 25.3 Å². The van der Waals surface area contributed by atoms with Crippen LogP contribution in [0.2, 0.25) is 5.02 Å². The predicted molar refractivity (Wildman–Crippen MR) is 90.0 cm³/mol. The maximum absolute atomic E-state index is 9.01. The molecule has 110 valence electrons. The molecule has 0 aromatic heterocycles. The van der Waals surface area contributed by atoms with Gasteiger partial charge in [0.1, 0.15) is 0 Å². The molecule has 2 atom stereocenters. The molecule has 2 rings (SSSR count). The fourth-order valence-electron chi connectivity index (χ4n) is 2.32. The zero-order chi connectivity index (χ0) is 14.5. The summed E-state index contributed by atoms with van der Waals surface area (Å²) in [7, 11) is 0. The van der Waals surface area contributed by atoms with E-state index in [0.717, 1.165) is 17.0 Å². The Morgan fingerprint density at radius 3 is 2.43 bits per heavy atom. The molecule has 0 radical (unpaired) electrons. The summed E-state index contributed by atoms with van der Waals surface area (Å²) in [6.07, 6.45) is 0.837. The molecule has 0 fully saturated rings. The smallest absolute Gasteiger partial charge is 0.0991 e. The van der Waals surface area contributed by atoms with Crippen LogP contribution >= 0.6 is 24.0 Å². The molecule has 4 heteroatoms. The number of nitriles is 1. The Labute approximate surface area is 137 Å². The molecule has 0 heterocycles. The van der Waals surface area contributed by atoms with Crippen LogP contribution in [0.5, 0.6) is 0 Å². The van der Waals surface area contributed by atoms with Crippen molar-refractivity contribution in [2.24, 2.45) is 5.73 Å². The molecule has 2 aromatic rings. The Hall–Kier alpha value is -1.53. The number of rotatable bonds is 4. The van der Waals surface area contributed by atoms with Crippen molar-refractivity contribution in [3.63, 3.8) is 0 Å². The number of hydrogen-bond acceptors (Lipinski definition) is 2. The summed E-state index contributed by atoms with van der Waals surface area (Å²) in [4.78, 5) is 0. The molecule has 0 aliphatic heterocycles. The van der Waals surface area contributed by atoms with Crippen LogP contribution < -0.4 is 5.73 Å². The number of nitrogens with two attached hydrogens (primary N) is 1. The monoisotopic (exact) mass is 320 g/mol. The van der Waals surface area contributed by atoms with Gasteiger partial charge in [-0.2, -0.15) is 5.26 Å². The molecular formula is C17H18Cl2N2. The van der Waals surface area contributed by atoms with Gasteiger partial charge >= 0.3 is 0 Å². The van der Waals surface area contributed by atoms with Crippen molar-refractivity contribution >= 4 is 24.0 Å². The van der Waals surface area contributed by atoms with Crippen LogP contribution in [0.4, 0.5) is 0 Å². The van der Waals surface area contributed by atoms with Crippen molar-refractivity contribution in [3.05, 3.63) is 70.2 Å². The predicted octanol–water partition coefficient (Wildman–Crippen LogP) is 4.31. The second kappa shape index (κ2) is 8.05. The molecule has 0 unspecified atom stereocenters. The lowest BCUT2D eigenvalue weighted by molar-refractivity contribution is 0.565. The standard InChI is InChI=1S/C17H17ClN2.ClH/c1-12(20)17(10-13-5-7-16(18)8-6-13)15-4-2-3-14(9-15)11-19;/h2-9,12,17H,10,20H2,1H3;1H/t12-,17+;/m0./s1. The maximum atomic E-state index is 9.01. The molecule has 2 nitrogen and oxygen atoms in total. The first-order valence-electron chi connectivity index (χ1n) is 6.60. The SMILES string of the molecule is C[C@H](N)[C@@H](Cc1ccc(Cl)cc1)c1cccc(C#N)c1.Cl. The van der Waals surface area contributed by atoms with E-state index in [4.69, 9.17) is 22.6 Å². The van der Waals surface area contributed by atoms with Gasteiger partial charge in [0.05, 0.1) is 11.6 Å². The van der Waals surface area contributed by atoms with Crippen LogP contribution in [0.3, 0.4) is 0 Å². The molecular weight excluding hydrogens is 303 g/mol. The van der Waals surface area contributed by atoms with Gasteiger partial charge in [0.2, 0.25) is 0 Å². The van der Waals surface area contributed by atoms with Gasteiger partial charge in [0.15, 0.2) is 0 Å². The number of hydrogen-bond donors (Lipinski definition) is 1. The van der Waals surface area contributed by atoms with E-state index in [-0.39, 0.29) is 24.4 Å². The van der Waals surface area contributed by atoms with Crippen LogP contribution in [0.25, 0.3) is 0 Å². The van der Waals surface area contributed by atoms with Crippen LogP contribution in [-0.2, 0) is 6.42 Å². The third-order valence-electron chi connectivity index (χ3n) is 3.45. The average molecular weight is 321 g/mol. The summed E-state index contributed by atoms with van der Waals surface area (Å²) in [6, 6.07) is 17.7. The minimum absolute atomic E-state index is 0. The van der Waals surface area contributed by atoms with E-state index in [0.29, 0.717) is 5.56 Å². The van der Waals surface area contributed by atoms with Gasteiger partial charge in [0, 0.05) is 17.0 Å². The molecule has 2 N–H and O–H groups in total. The van der Waals surface area contributed by atoms with E-state index in [1.165, 1.54) is 5.56 Å². The van der Waals surface area contributed by atoms with Crippen LogP contribution in [0.15, 0.2) is 48.5 Å². The summed E-state index contributed by atoms with van der Waals surface area (Å²) in [5.74, 6) is 0.185. The molecule has 0 saturated heterocycles. The number of halogens is 2.